The summed E-state index contributed by atoms with van der Waals surface area (Å²) in [5.74, 6) is 0.396. The van der Waals surface area contributed by atoms with E-state index in [2.05, 4.69) is 14.7 Å². The monoisotopic (exact) mass is 371 g/mol. The van der Waals surface area contributed by atoms with Crippen LogP contribution in [-0.4, -0.2) is 32.1 Å². The van der Waals surface area contributed by atoms with Gasteiger partial charge in [0.1, 0.15) is 5.75 Å². The van der Waals surface area contributed by atoms with E-state index in [-0.39, 0.29) is 15.9 Å². The van der Waals surface area contributed by atoms with Crippen molar-refractivity contribution < 1.29 is 17.9 Å². The van der Waals surface area contributed by atoms with Crippen LogP contribution < -0.4 is 14.2 Å². The number of hydrogen-bond donors (Lipinski definition) is 1. The topological polar surface area (TPSA) is 90.4 Å². The van der Waals surface area contributed by atoms with Gasteiger partial charge >= 0.3 is 6.01 Å². The predicted molar refractivity (Wildman–Crippen MR) is 91.5 cm³/mol. The number of sulfonamides is 1. The standard InChI is InChI=1S/C15H18ClN3O4S/c1-5-23-15-17-9(2)14(10(3)18-15)19-24(20,21)11-6-7-13(22-4)12(16)8-11/h6-8,19H,5H2,1-4H3. The number of rotatable bonds is 6. The summed E-state index contributed by atoms with van der Waals surface area (Å²) in [6, 6.07) is 4.43. The molecule has 2 rings (SSSR count). The van der Waals surface area contributed by atoms with Crippen molar-refractivity contribution in [2.45, 2.75) is 25.7 Å². The number of aryl methyl sites for hydroxylation is 2. The summed E-state index contributed by atoms with van der Waals surface area (Å²) in [4.78, 5) is 8.30. The first-order valence-corrected chi connectivity index (χ1v) is 8.99. The lowest BCUT2D eigenvalue weighted by atomic mass is 10.3. The van der Waals surface area contributed by atoms with Gasteiger partial charge in [0.05, 0.1) is 40.7 Å². The van der Waals surface area contributed by atoms with Gasteiger partial charge < -0.3 is 9.47 Å². The van der Waals surface area contributed by atoms with Crippen molar-refractivity contribution in [1.29, 1.82) is 0 Å². The van der Waals surface area contributed by atoms with E-state index in [1.54, 1.807) is 13.8 Å². The average molecular weight is 372 g/mol. The second kappa shape index (κ2) is 7.23. The van der Waals surface area contributed by atoms with E-state index in [4.69, 9.17) is 21.1 Å². The van der Waals surface area contributed by atoms with Crippen LogP contribution in [0.5, 0.6) is 11.8 Å². The van der Waals surface area contributed by atoms with Gasteiger partial charge in [-0.15, -0.1) is 0 Å². The van der Waals surface area contributed by atoms with Crippen molar-refractivity contribution >= 4 is 27.3 Å². The van der Waals surface area contributed by atoms with Crippen molar-refractivity contribution in [3.63, 3.8) is 0 Å². The first-order valence-electron chi connectivity index (χ1n) is 7.13. The largest absolute Gasteiger partial charge is 0.495 e. The molecule has 130 valence electrons. The van der Waals surface area contributed by atoms with E-state index in [0.717, 1.165) is 0 Å². The number of benzene rings is 1. The Hall–Kier alpha value is -2.06. The van der Waals surface area contributed by atoms with Gasteiger partial charge in [0, 0.05) is 0 Å². The van der Waals surface area contributed by atoms with E-state index in [0.29, 0.717) is 29.4 Å². The Balaban J connectivity index is 2.37. The molecular formula is C15H18ClN3O4S. The van der Waals surface area contributed by atoms with Crippen LogP contribution in [0, 0.1) is 13.8 Å². The smallest absolute Gasteiger partial charge is 0.316 e. The van der Waals surface area contributed by atoms with E-state index in [1.807, 2.05) is 6.92 Å². The normalized spacial score (nSPS) is 11.2. The maximum atomic E-state index is 12.6. The number of hydrogen-bond acceptors (Lipinski definition) is 6. The zero-order valence-corrected chi connectivity index (χ0v) is 15.3. The summed E-state index contributed by atoms with van der Waals surface area (Å²) in [7, 11) is -2.39. The molecule has 0 amide bonds. The molecule has 0 atom stereocenters. The molecule has 0 fully saturated rings. The quantitative estimate of drug-likeness (QED) is 0.839. The summed E-state index contributed by atoms with van der Waals surface area (Å²) >= 11 is 6.00. The minimum atomic E-state index is -3.84. The highest BCUT2D eigenvalue weighted by Crippen LogP contribution is 2.29. The molecule has 0 bridgehead atoms. The van der Waals surface area contributed by atoms with Crippen molar-refractivity contribution in [2.24, 2.45) is 0 Å². The SMILES string of the molecule is CCOc1nc(C)c(NS(=O)(=O)c2ccc(OC)c(Cl)c2)c(C)n1. The molecule has 0 saturated carbocycles. The van der Waals surface area contributed by atoms with E-state index in [9.17, 15) is 8.42 Å². The number of nitrogens with zero attached hydrogens (tertiary/aromatic N) is 2. The highest BCUT2D eigenvalue weighted by atomic mass is 35.5. The fourth-order valence-electron chi connectivity index (χ4n) is 2.03. The van der Waals surface area contributed by atoms with Crippen molar-refractivity contribution in [3.8, 4) is 11.8 Å². The lowest BCUT2D eigenvalue weighted by Crippen LogP contribution is -2.16. The number of methoxy groups -OCH3 is 1. The Bertz CT molecular complexity index is 833. The van der Waals surface area contributed by atoms with Gasteiger partial charge in [-0.05, 0) is 39.0 Å². The average Bonchev–Trinajstić information content (AvgIpc) is 2.51. The molecule has 1 heterocycles. The van der Waals surface area contributed by atoms with Crippen LogP contribution in [-0.2, 0) is 10.0 Å². The van der Waals surface area contributed by atoms with E-state index < -0.39 is 10.0 Å². The van der Waals surface area contributed by atoms with Gasteiger partial charge in [-0.25, -0.2) is 8.42 Å². The van der Waals surface area contributed by atoms with Gasteiger partial charge in [-0.3, -0.25) is 4.72 Å². The lowest BCUT2D eigenvalue weighted by Gasteiger charge is -2.14. The molecule has 0 aliphatic carbocycles. The highest BCUT2D eigenvalue weighted by Gasteiger charge is 2.20. The van der Waals surface area contributed by atoms with Crippen LogP contribution in [0.4, 0.5) is 5.69 Å². The minimum absolute atomic E-state index is 0.0148. The molecule has 0 radical (unpaired) electrons. The number of aromatic nitrogens is 2. The first kappa shape index (κ1) is 18.3. The fraction of sp³-hybridized carbons (Fsp3) is 0.333. The molecule has 9 heteroatoms. The zero-order chi connectivity index (χ0) is 17.9. The van der Waals surface area contributed by atoms with Crippen LogP contribution >= 0.6 is 11.6 Å². The lowest BCUT2D eigenvalue weighted by molar-refractivity contribution is 0.311. The summed E-state index contributed by atoms with van der Waals surface area (Å²) in [6.45, 7) is 5.60. The molecule has 1 aromatic carbocycles. The molecule has 24 heavy (non-hydrogen) atoms. The molecule has 1 N–H and O–H groups in total. The van der Waals surface area contributed by atoms with Gasteiger partial charge in [0.25, 0.3) is 10.0 Å². The third-order valence-electron chi connectivity index (χ3n) is 3.19. The second-order valence-corrected chi connectivity index (χ2v) is 6.98. The van der Waals surface area contributed by atoms with Gasteiger partial charge in [0.15, 0.2) is 0 Å². The number of ether oxygens (including phenoxy) is 2. The number of anilines is 1. The molecule has 0 aliphatic heterocycles. The molecule has 0 aliphatic rings. The van der Waals surface area contributed by atoms with E-state index >= 15 is 0 Å². The Kier molecular flexibility index (Phi) is 5.51. The van der Waals surface area contributed by atoms with Crippen LogP contribution in [0.1, 0.15) is 18.3 Å². The molecular weight excluding hydrogens is 354 g/mol. The highest BCUT2D eigenvalue weighted by molar-refractivity contribution is 7.92. The molecule has 0 unspecified atom stereocenters. The molecule has 7 nitrogen and oxygen atoms in total. The summed E-state index contributed by atoms with van der Waals surface area (Å²) < 4.78 is 37.9. The molecule has 2 aromatic rings. The molecule has 1 aromatic heterocycles. The third kappa shape index (κ3) is 3.88. The van der Waals surface area contributed by atoms with Crippen molar-refractivity contribution in [1.82, 2.24) is 9.97 Å². The van der Waals surface area contributed by atoms with Crippen molar-refractivity contribution in [3.05, 3.63) is 34.6 Å². The second-order valence-electron chi connectivity index (χ2n) is 4.89. The summed E-state index contributed by atoms with van der Waals surface area (Å²) in [5.41, 5.74) is 1.24. The van der Waals surface area contributed by atoms with Crippen LogP contribution in [0.3, 0.4) is 0 Å². The Morgan fingerprint density at radius 1 is 1.21 bits per heavy atom. The number of nitrogens with one attached hydrogen (secondary N) is 1. The minimum Gasteiger partial charge on any atom is -0.495 e. The van der Waals surface area contributed by atoms with E-state index in [1.165, 1.54) is 25.3 Å². The molecule has 0 saturated heterocycles. The summed E-state index contributed by atoms with van der Waals surface area (Å²) in [6.07, 6.45) is 0. The van der Waals surface area contributed by atoms with Crippen molar-refractivity contribution in [2.75, 3.05) is 18.4 Å². The number of halogens is 1. The van der Waals surface area contributed by atoms with Crippen LogP contribution in [0.15, 0.2) is 23.1 Å². The van der Waals surface area contributed by atoms with Crippen LogP contribution in [0.25, 0.3) is 0 Å². The molecule has 0 spiro atoms. The van der Waals surface area contributed by atoms with Crippen LogP contribution in [0.2, 0.25) is 5.02 Å². The third-order valence-corrected chi connectivity index (χ3v) is 4.84. The maximum absolute atomic E-state index is 12.6. The Labute approximate surface area is 146 Å². The summed E-state index contributed by atoms with van der Waals surface area (Å²) in [5, 5.41) is 0.205. The van der Waals surface area contributed by atoms with Gasteiger partial charge in [-0.2, -0.15) is 9.97 Å². The first-order chi connectivity index (χ1) is 11.3. The predicted octanol–water partition coefficient (Wildman–Crippen LogP) is 2.95. The maximum Gasteiger partial charge on any atom is 0.316 e. The Morgan fingerprint density at radius 3 is 2.33 bits per heavy atom. The fourth-order valence-corrected chi connectivity index (χ4v) is 3.56. The van der Waals surface area contributed by atoms with Gasteiger partial charge in [-0.1, -0.05) is 11.6 Å². The van der Waals surface area contributed by atoms with Gasteiger partial charge in [0.2, 0.25) is 0 Å². The Morgan fingerprint density at radius 2 is 1.83 bits per heavy atom. The zero-order valence-electron chi connectivity index (χ0n) is 13.8.